The summed E-state index contributed by atoms with van der Waals surface area (Å²) in [7, 11) is 0. The van der Waals surface area contributed by atoms with E-state index in [0.717, 1.165) is 48.8 Å². The zero-order valence-electron chi connectivity index (χ0n) is 14.5. The van der Waals surface area contributed by atoms with E-state index in [2.05, 4.69) is 15.2 Å². The Morgan fingerprint density at radius 3 is 3.00 bits per heavy atom. The maximum Gasteiger partial charge on any atom is 0.229 e. The minimum Gasteiger partial charge on any atom is -0.379 e. The van der Waals surface area contributed by atoms with Gasteiger partial charge in [-0.15, -0.1) is 11.3 Å². The van der Waals surface area contributed by atoms with Crippen LogP contribution < -0.4 is 5.32 Å². The van der Waals surface area contributed by atoms with Crippen molar-refractivity contribution >= 4 is 39.1 Å². The highest BCUT2D eigenvalue weighted by atomic mass is 32.1. The minimum atomic E-state index is -0.288. The molecule has 2 aliphatic rings. The van der Waals surface area contributed by atoms with Crippen molar-refractivity contribution in [3.63, 3.8) is 0 Å². The van der Waals surface area contributed by atoms with Gasteiger partial charge in [0, 0.05) is 44.8 Å². The zero-order chi connectivity index (χ0) is 17.9. The first-order chi connectivity index (χ1) is 12.7. The van der Waals surface area contributed by atoms with Gasteiger partial charge in [-0.05, 0) is 18.2 Å². The molecule has 8 heteroatoms. The minimum absolute atomic E-state index is 0.0660. The van der Waals surface area contributed by atoms with E-state index in [1.807, 2.05) is 23.1 Å². The molecule has 1 atom stereocenters. The molecule has 0 saturated carbocycles. The summed E-state index contributed by atoms with van der Waals surface area (Å²) < 4.78 is 6.38. The van der Waals surface area contributed by atoms with Crippen LogP contribution in [0.5, 0.6) is 0 Å². The van der Waals surface area contributed by atoms with Gasteiger partial charge in [-0.3, -0.25) is 14.5 Å². The lowest BCUT2D eigenvalue weighted by Gasteiger charge is -2.28. The van der Waals surface area contributed by atoms with Crippen molar-refractivity contribution in [3.8, 4) is 0 Å². The number of fused-ring (bicyclic) bond motifs is 1. The molecule has 1 aromatic heterocycles. The molecule has 7 nitrogen and oxygen atoms in total. The molecule has 1 aromatic carbocycles. The summed E-state index contributed by atoms with van der Waals surface area (Å²) in [4.78, 5) is 33.2. The quantitative estimate of drug-likeness (QED) is 0.857. The summed E-state index contributed by atoms with van der Waals surface area (Å²) in [5, 5.41) is 2.95. The van der Waals surface area contributed by atoms with Gasteiger partial charge in [0.2, 0.25) is 11.8 Å². The molecular weight excluding hydrogens is 352 g/mol. The molecule has 0 spiro atoms. The van der Waals surface area contributed by atoms with E-state index in [4.69, 9.17) is 4.74 Å². The van der Waals surface area contributed by atoms with Crippen LogP contribution in [-0.4, -0.2) is 72.5 Å². The maximum absolute atomic E-state index is 12.6. The third kappa shape index (κ3) is 3.87. The highest BCUT2D eigenvalue weighted by Crippen LogP contribution is 2.24. The molecule has 2 amide bonds. The van der Waals surface area contributed by atoms with Gasteiger partial charge in [0.05, 0.1) is 34.9 Å². The molecule has 4 rings (SSSR count). The van der Waals surface area contributed by atoms with Crippen LogP contribution >= 0.6 is 11.3 Å². The standard InChI is InChI=1S/C18H22N4O3S/c23-17-9-13(11-22(17)4-3-21-5-7-25-8-6-21)18(24)20-14-1-2-15-16(10-14)26-12-19-15/h1-2,10,12-13H,3-9,11H2,(H,20,24). The van der Waals surface area contributed by atoms with Crippen LogP contribution in [0.1, 0.15) is 6.42 Å². The molecule has 0 radical (unpaired) electrons. The summed E-state index contributed by atoms with van der Waals surface area (Å²) in [5.74, 6) is -0.309. The third-order valence-electron chi connectivity index (χ3n) is 4.97. The highest BCUT2D eigenvalue weighted by Gasteiger charge is 2.34. The van der Waals surface area contributed by atoms with Crippen LogP contribution in [0.2, 0.25) is 0 Å². The monoisotopic (exact) mass is 374 g/mol. The number of aromatic nitrogens is 1. The van der Waals surface area contributed by atoms with Crippen LogP contribution in [0, 0.1) is 5.92 Å². The second-order valence-corrected chi connectivity index (χ2v) is 7.61. The zero-order valence-corrected chi connectivity index (χ0v) is 15.3. The van der Waals surface area contributed by atoms with Crippen molar-refractivity contribution in [1.82, 2.24) is 14.8 Å². The van der Waals surface area contributed by atoms with Gasteiger partial charge in [-0.1, -0.05) is 0 Å². The summed E-state index contributed by atoms with van der Waals surface area (Å²) in [6, 6.07) is 5.68. The van der Waals surface area contributed by atoms with Gasteiger partial charge in [0.1, 0.15) is 0 Å². The third-order valence-corrected chi connectivity index (χ3v) is 5.77. The lowest BCUT2D eigenvalue weighted by molar-refractivity contribution is -0.128. The largest absolute Gasteiger partial charge is 0.379 e. The highest BCUT2D eigenvalue weighted by molar-refractivity contribution is 7.16. The summed E-state index contributed by atoms with van der Waals surface area (Å²) >= 11 is 1.54. The van der Waals surface area contributed by atoms with Crippen molar-refractivity contribution in [2.24, 2.45) is 5.92 Å². The number of carbonyl (C=O) groups is 2. The molecule has 26 heavy (non-hydrogen) atoms. The number of morpholine rings is 1. The van der Waals surface area contributed by atoms with Gasteiger partial charge in [-0.2, -0.15) is 0 Å². The SMILES string of the molecule is O=C(Nc1ccc2ncsc2c1)C1CC(=O)N(CCN2CCOCC2)C1. The number of hydrogen-bond donors (Lipinski definition) is 1. The van der Waals surface area contributed by atoms with Crippen LogP contribution in [0.3, 0.4) is 0 Å². The Morgan fingerprint density at radius 1 is 1.31 bits per heavy atom. The fraction of sp³-hybridized carbons (Fsp3) is 0.500. The van der Waals surface area contributed by atoms with Gasteiger partial charge in [-0.25, -0.2) is 4.98 Å². The Hall–Kier alpha value is -2.03. The number of ether oxygens (including phenoxy) is 1. The molecular formula is C18H22N4O3S. The first kappa shape index (κ1) is 17.4. The molecule has 1 N–H and O–H groups in total. The number of rotatable bonds is 5. The molecule has 138 valence electrons. The topological polar surface area (TPSA) is 74.8 Å². The lowest BCUT2D eigenvalue weighted by Crippen LogP contribution is -2.42. The normalized spacial score (nSPS) is 21.5. The number of carbonyl (C=O) groups excluding carboxylic acids is 2. The summed E-state index contributed by atoms with van der Waals surface area (Å²) in [5.41, 5.74) is 3.47. The van der Waals surface area contributed by atoms with E-state index in [1.54, 1.807) is 16.8 Å². The number of amides is 2. The fourth-order valence-corrected chi connectivity index (χ4v) is 4.14. The molecule has 0 bridgehead atoms. The van der Waals surface area contributed by atoms with E-state index in [1.165, 1.54) is 0 Å². The lowest BCUT2D eigenvalue weighted by atomic mass is 10.1. The number of nitrogens with zero attached hydrogens (tertiary/aromatic N) is 3. The molecule has 3 heterocycles. The predicted molar refractivity (Wildman–Crippen MR) is 100 cm³/mol. The van der Waals surface area contributed by atoms with Gasteiger partial charge < -0.3 is 15.0 Å². The molecule has 2 aliphatic heterocycles. The van der Waals surface area contributed by atoms with Crippen LogP contribution in [0.25, 0.3) is 10.2 Å². The first-order valence-corrected chi connectivity index (χ1v) is 9.79. The Labute approximate surface area is 155 Å². The predicted octanol–water partition coefficient (Wildman–Crippen LogP) is 1.42. The maximum atomic E-state index is 12.6. The number of likely N-dealkylation sites (tertiary alicyclic amines) is 1. The number of hydrogen-bond acceptors (Lipinski definition) is 6. The fourth-order valence-electron chi connectivity index (χ4n) is 3.43. The number of anilines is 1. The van der Waals surface area contributed by atoms with Crippen LogP contribution in [0.15, 0.2) is 23.7 Å². The Morgan fingerprint density at radius 2 is 2.15 bits per heavy atom. The Balaban J connectivity index is 1.31. The summed E-state index contributed by atoms with van der Waals surface area (Å²) in [6.07, 6.45) is 0.289. The number of nitrogens with one attached hydrogen (secondary N) is 1. The van der Waals surface area contributed by atoms with Gasteiger partial charge >= 0.3 is 0 Å². The first-order valence-electron chi connectivity index (χ1n) is 8.91. The smallest absolute Gasteiger partial charge is 0.229 e. The molecule has 1 unspecified atom stereocenters. The summed E-state index contributed by atoms with van der Waals surface area (Å²) in [6.45, 7) is 5.34. The van der Waals surface area contributed by atoms with E-state index < -0.39 is 0 Å². The Kier molecular flexibility index (Phi) is 5.14. The molecule has 2 saturated heterocycles. The van der Waals surface area contributed by atoms with E-state index >= 15 is 0 Å². The number of thiazole rings is 1. The molecule has 2 aromatic rings. The Bertz CT molecular complexity index is 803. The van der Waals surface area contributed by atoms with Crippen molar-refractivity contribution < 1.29 is 14.3 Å². The van der Waals surface area contributed by atoms with E-state index in [0.29, 0.717) is 13.1 Å². The van der Waals surface area contributed by atoms with Gasteiger partial charge in [0.15, 0.2) is 0 Å². The number of benzene rings is 1. The van der Waals surface area contributed by atoms with Crippen molar-refractivity contribution in [1.29, 1.82) is 0 Å². The van der Waals surface area contributed by atoms with Crippen LogP contribution in [0.4, 0.5) is 5.69 Å². The van der Waals surface area contributed by atoms with Crippen molar-refractivity contribution in [3.05, 3.63) is 23.7 Å². The van der Waals surface area contributed by atoms with Crippen molar-refractivity contribution in [2.75, 3.05) is 51.3 Å². The van der Waals surface area contributed by atoms with Crippen LogP contribution in [-0.2, 0) is 14.3 Å². The second-order valence-electron chi connectivity index (χ2n) is 6.72. The second kappa shape index (κ2) is 7.69. The van der Waals surface area contributed by atoms with Crippen molar-refractivity contribution in [2.45, 2.75) is 6.42 Å². The average Bonchev–Trinajstić information content (AvgIpc) is 3.27. The van der Waals surface area contributed by atoms with Gasteiger partial charge in [0.25, 0.3) is 0 Å². The van der Waals surface area contributed by atoms with E-state index in [9.17, 15) is 9.59 Å². The average molecular weight is 374 g/mol. The molecule has 0 aliphatic carbocycles. The molecule has 2 fully saturated rings. The van der Waals surface area contributed by atoms with E-state index in [-0.39, 0.29) is 24.2 Å².